The van der Waals surface area contributed by atoms with Crippen molar-refractivity contribution in [1.82, 2.24) is 34.4 Å². The van der Waals surface area contributed by atoms with E-state index in [-0.39, 0.29) is 41.9 Å². The van der Waals surface area contributed by atoms with E-state index in [1.165, 1.54) is 24.4 Å². The van der Waals surface area contributed by atoms with Gasteiger partial charge in [0.25, 0.3) is 17.7 Å². The normalized spacial score (nSPS) is 20.3. The molecule has 4 aromatic heterocycles. The Morgan fingerprint density at radius 1 is 1.01 bits per heavy atom. The lowest BCUT2D eigenvalue weighted by Crippen LogP contribution is -2.57. The molecule has 4 aliphatic heterocycles. The van der Waals surface area contributed by atoms with E-state index in [9.17, 15) is 14.7 Å². The van der Waals surface area contributed by atoms with Gasteiger partial charge in [-0.1, -0.05) is 20.4 Å². The molecule has 5 aliphatic rings. The largest absolute Gasteiger partial charge is 0.481 e. The number of carbonyl (C=O) groups is 2. The minimum Gasteiger partial charge on any atom is -0.481 e. The zero-order valence-electron chi connectivity index (χ0n) is 38.8. The number of amides is 2. The lowest BCUT2D eigenvalue weighted by molar-refractivity contribution is -0.111. The third kappa shape index (κ3) is 8.36. The van der Waals surface area contributed by atoms with Crippen molar-refractivity contribution in [2.75, 3.05) is 78.3 Å². The molecule has 2 atom stereocenters. The number of anilines is 6. The van der Waals surface area contributed by atoms with Gasteiger partial charge in [-0.3, -0.25) is 19.4 Å². The molecule has 8 heterocycles. The van der Waals surface area contributed by atoms with Crippen LogP contribution in [0.4, 0.5) is 34.5 Å². The Morgan fingerprint density at radius 2 is 1.85 bits per heavy atom. The Kier molecular flexibility index (Phi) is 11.7. The number of nitrogens with zero attached hydrogens (tertiary/aromatic N) is 10. The first-order valence-electron chi connectivity index (χ1n) is 23.2. The van der Waals surface area contributed by atoms with Crippen LogP contribution < -0.4 is 39.5 Å². The highest BCUT2D eigenvalue weighted by Crippen LogP contribution is 2.42. The van der Waals surface area contributed by atoms with Crippen molar-refractivity contribution in [3.63, 3.8) is 0 Å². The Labute approximate surface area is 390 Å². The van der Waals surface area contributed by atoms with Crippen LogP contribution in [0.2, 0.25) is 0 Å². The van der Waals surface area contributed by atoms with Gasteiger partial charge in [-0.2, -0.15) is 4.98 Å². The molecule has 0 spiro atoms. The average Bonchev–Trinajstić information content (AvgIpc) is 3.83. The highest BCUT2D eigenvalue weighted by molar-refractivity contribution is 6.06. The first-order chi connectivity index (χ1) is 32.4. The van der Waals surface area contributed by atoms with E-state index in [1.54, 1.807) is 29.7 Å². The Morgan fingerprint density at radius 3 is 2.63 bits per heavy atom. The molecule has 5 aromatic rings. The first-order valence-corrected chi connectivity index (χ1v) is 23.2. The van der Waals surface area contributed by atoms with E-state index in [4.69, 9.17) is 19.2 Å². The number of methoxy groups -OCH3 is 1. The Balaban J connectivity index is 0.850. The fraction of sp³-hybridized carbons (Fsp3) is 0.449. The number of piperidine rings is 1. The summed E-state index contributed by atoms with van der Waals surface area (Å²) in [4.78, 5) is 58.9. The van der Waals surface area contributed by atoms with Crippen LogP contribution in [0, 0.1) is 5.41 Å². The summed E-state index contributed by atoms with van der Waals surface area (Å²) in [5.74, 6) is 2.43. The van der Waals surface area contributed by atoms with E-state index >= 15 is 0 Å². The fourth-order valence-corrected chi connectivity index (χ4v) is 10.6. The molecule has 18 heteroatoms. The molecule has 2 saturated heterocycles. The van der Waals surface area contributed by atoms with Crippen LogP contribution >= 0.6 is 0 Å². The van der Waals surface area contributed by atoms with Gasteiger partial charge in [-0.15, -0.1) is 0 Å². The van der Waals surface area contributed by atoms with Crippen LogP contribution in [0.3, 0.4) is 0 Å². The van der Waals surface area contributed by atoms with Gasteiger partial charge in [-0.05, 0) is 86.9 Å². The van der Waals surface area contributed by atoms with Crippen molar-refractivity contribution in [3.8, 4) is 28.8 Å². The van der Waals surface area contributed by atoms with Gasteiger partial charge >= 0.3 is 0 Å². The molecule has 0 bridgehead atoms. The topological polar surface area (TPSA) is 188 Å². The molecule has 350 valence electrons. The van der Waals surface area contributed by atoms with E-state index < -0.39 is 0 Å². The number of benzene rings is 1. The molecule has 10 rings (SSSR count). The second kappa shape index (κ2) is 17.8. The molecule has 2 fully saturated rings. The van der Waals surface area contributed by atoms with Crippen LogP contribution in [0.15, 0.2) is 61.7 Å². The monoisotopic (exact) mass is 910 g/mol. The fourth-order valence-electron chi connectivity index (χ4n) is 10.6. The van der Waals surface area contributed by atoms with Crippen molar-refractivity contribution in [2.24, 2.45) is 5.41 Å². The number of aliphatic hydroxyl groups is 1. The third-order valence-electron chi connectivity index (χ3n) is 13.8. The van der Waals surface area contributed by atoms with Crippen LogP contribution in [0.1, 0.15) is 67.8 Å². The van der Waals surface area contributed by atoms with Crippen LogP contribution in [-0.4, -0.2) is 122 Å². The van der Waals surface area contributed by atoms with Gasteiger partial charge in [0, 0.05) is 86.6 Å². The second-order valence-corrected chi connectivity index (χ2v) is 18.9. The highest BCUT2D eigenvalue weighted by atomic mass is 16.6. The molecule has 2 amide bonds. The number of carbonyl (C=O) groups excluding carboxylic acids is 2. The maximum atomic E-state index is 14.1. The molecular formula is C49H58N12O6. The summed E-state index contributed by atoms with van der Waals surface area (Å²) in [5.41, 5.74) is 6.95. The molecule has 18 nitrogen and oxygen atoms in total. The summed E-state index contributed by atoms with van der Waals surface area (Å²) in [6.45, 7) is 17.8. The van der Waals surface area contributed by atoms with Gasteiger partial charge in [0.15, 0.2) is 11.6 Å². The Hall–Kier alpha value is -6.79. The number of piperazine rings is 1. The zero-order chi connectivity index (χ0) is 46.6. The van der Waals surface area contributed by atoms with Crippen molar-refractivity contribution in [1.29, 1.82) is 0 Å². The third-order valence-corrected chi connectivity index (χ3v) is 13.8. The smallest absolute Gasteiger partial charge is 0.276 e. The summed E-state index contributed by atoms with van der Waals surface area (Å²) in [6.07, 6.45) is 9.83. The van der Waals surface area contributed by atoms with Crippen molar-refractivity contribution in [3.05, 3.63) is 84.2 Å². The molecule has 67 heavy (non-hydrogen) atoms. The van der Waals surface area contributed by atoms with Gasteiger partial charge in [-0.25, -0.2) is 19.9 Å². The van der Waals surface area contributed by atoms with Gasteiger partial charge in [0.2, 0.25) is 11.7 Å². The minimum absolute atomic E-state index is 0.0479. The standard InChI is InChI=1S/C49H58N12O6/c1-7-41(63)55-36-21-32(8-9-38(36)59-17-16-58(25-29(59)2)33-11-14-57(15-12-33)45-42-46(53-28-52-45)67-30(3)27-66-42)54-43-47(65-6)51-24-37(56-43)34-10-13-50-44(35(34)26-62)61-19-18-60-39(48(61)64)20-31-22-49(4,5)23-40(31)60/h7-10,13,20-21,24,28-30,33,62H,1,11-12,14-19,22-23,25-27H2,2-6H3,(H,54,56)(H,55,63)/t29-,30+/m0/s1. The number of aliphatic hydroxyl groups excluding tert-OH is 1. The summed E-state index contributed by atoms with van der Waals surface area (Å²) in [6, 6.07) is 10.2. The maximum Gasteiger partial charge on any atom is 0.276 e. The number of hydrogen-bond donors (Lipinski definition) is 3. The van der Waals surface area contributed by atoms with E-state index in [0.29, 0.717) is 82.9 Å². The molecule has 0 radical (unpaired) electrons. The number of nitrogens with one attached hydrogen (secondary N) is 2. The van der Waals surface area contributed by atoms with Gasteiger partial charge in [0.1, 0.15) is 30.5 Å². The zero-order valence-corrected chi connectivity index (χ0v) is 38.8. The van der Waals surface area contributed by atoms with E-state index in [2.05, 4.69) is 77.2 Å². The van der Waals surface area contributed by atoms with Crippen molar-refractivity contribution in [2.45, 2.75) is 84.7 Å². The average molecular weight is 911 g/mol. The van der Waals surface area contributed by atoms with Crippen molar-refractivity contribution < 1.29 is 28.9 Å². The van der Waals surface area contributed by atoms with Gasteiger partial charge < -0.3 is 44.3 Å². The summed E-state index contributed by atoms with van der Waals surface area (Å²) in [7, 11) is 1.52. The summed E-state index contributed by atoms with van der Waals surface area (Å²) in [5, 5.41) is 17.3. The van der Waals surface area contributed by atoms with Crippen LogP contribution in [-0.2, 0) is 30.8 Å². The van der Waals surface area contributed by atoms with Crippen molar-refractivity contribution >= 4 is 46.3 Å². The number of aromatic nitrogens is 6. The minimum atomic E-state index is -0.374. The number of hydrogen-bond acceptors (Lipinski definition) is 15. The number of pyridine rings is 1. The predicted octanol–water partition coefficient (Wildman–Crippen LogP) is 5.62. The van der Waals surface area contributed by atoms with Crippen LogP contribution in [0.25, 0.3) is 11.3 Å². The molecule has 1 aromatic carbocycles. The Bertz CT molecular complexity index is 2730. The van der Waals surface area contributed by atoms with E-state index in [0.717, 1.165) is 69.9 Å². The summed E-state index contributed by atoms with van der Waals surface area (Å²) >= 11 is 0. The lowest BCUT2D eigenvalue weighted by atomic mass is 9.90. The van der Waals surface area contributed by atoms with E-state index in [1.807, 2.05) is 31.2 Å². The second-order valence-electron chi connectivity index (χ2n) is 18.9. The molecular weight excluding hydrogens is 853 g/mol. The number of fused-ring (bicyclic) bond motifs is 4. The SMILES string of the molecule is C=CC(=O)Nc1cc(Nc2nc(-c3ccnc(N4CCn5c(cc6c5CC(C)(C)C6)C4=O)c3CO)cnc2OC)ccc1N1CCN(C2CCN(c3ncnc4c3OC[C@@H](C)O4)CC2)C[C@@H]1C. The first kappa shape index (κ1) is 44.1. The number of rotatable bonds is 11. The maximum absolute atomic E-state index is 14.1. The number of ether oxygens (including phenoxy) is 3. The molecule has 1 aliphatic carbocycles. The predicted molar refractivity (Wildman–Crippen MR) is 255 cm³/mol. The van der Waals surface area contributed by atoms with Crippen LogP contribution in [0.5, 0.6) is 17.5 Å². The van der Waals surface area contributed by atoms with Gasteiger partial charge in [0.05, 0.1) is 37.0 Å². The lowest BCUT2D eigenvalue weighted by Gasteiger charge is -2.47. The highest BCUT2D eigenvalue weighted by Gasteiger charge is 2.38. The molecule has 0 unspecified atom stereocenters. The summed E-state index contributed by atoms with van der Waals surface area (Å²) < 4.78 is 19.7. The molecule has 3 N–H and O–H groups in total. The molecule has 0 saturated carbocycles. The quantitative estimate of drug-likeness (QED) is 0.138.